The Labute approximate surface area is 130 Å². The number of nitrogens with two attached hydrogens (primary N) is 1. The topological polar surface area (TPSA) is 64.7 Å². The van der Waals surface area contributed by atoms with Crippen molar-refractivity contribution in [3.05, 3.63) is 52.8 Å². The molecule has 0 heterocycles. The van der Waals surface area contributed by atoms with Crippen molar-refractivity contribution < 1.29 is 19.0 Å². The molecule has 2 aromatic rings. The van der Waals surface area contributed by atoms with E-state index in [1.807, 2.05) is 0 Å². The lowest BCUT2D eigenvalue weighted by atomic mass is 10.3. The lowest BCUT2D eigenvalue weighted by molar-refractivity contribution is 0.0623. The third kappa shape index (κ3) is 4.91. The Bertz CT molecular complexity index is 609. The number of nitrogen functional groups attached to an aromatic ring is 1. The quantitative estimate of drug-likeness (QED) is 0.781. The molecule has 6 heteroatoms. The number of ether oxygens (including phenoxy) is 2. The van der Waals surface area contributed by atoms with Gasteiger partial charge in [-0.3, -0.25) is 0 Å². The summed E-state index contributed by atoms with van der Waals surface area (Å²) in [6.45, 7) is 0.0424. The maximum atomic E-state index is 13.1. The second-order valence-electron chi connectivity index (χ2n) is 4.42. The lowest BCUT2D eigenvalue weighted by Crippen LogP contribution is -2.25. The van der Waals surface area contributed by atoms with E-state index in [0.717, 1.165) is 0 Å². The van der Waals surface area contributed by atoms with Gasteiger partial charge < -0.3 is 20.3 Å². The maximum absolute atomic E-state index is 13.1. The molecule has 0 bridgehead atoms. The standard InChI is InChI=1S/C15H15BrFNO3/c16-14-5-4-10(17)6-15(14)21-9-12(19)8-20-13-3-1-2-11(18)7-13/h1-7,12,19H,8-9,18H2. The summed E-state index contributed by atoms with van der Waals surface area (Å²) in [5.41, 5.74) is 6.21. The van der Waals surface area contributed by atoms with E-state index in [1.165, 1.54) is 12.1 Å². The molecule has 112 valence electrons. The van der Waals surface area contributed by atoms with Crippen molar-refractivity contribution in [3.63, 3.8) is 0 Å². The van der Waals surface area contributed by atoms with Crippen LogP contribution in [0.3, 0.4) is 0 Å². The second-order valence-corrected chi connectivity index (χ2v) is 5.28. The van der Waals surface area contributed by atoms with E-state index < -0.39 is 11.9 Å². The molecule has 0 aromatic heterocycles. The number of rotatable bonds is 6. The number of benzene rings is 2. The molecule has 21 heavy (non-hydrogen) atoms. The predicted octanol–water partition coefficient (Wildman–Crippen LogP) is 2.99. The van der Waals surface area contributed by atoms with Crippen molar-refractivity contribution in [1.82, 2.24) is 0 Å². The van der Waals surface area contributed by atoms with Gasteiger partial charge in [0.05, 0.1) is 4.47 Å². The number of anilines is 1. The van der Waals surface area contributed by atoms with Crippen LogP contribution in [-0.2, 0) is 0 Å². The minimum Gasteiger partial charge on any atom is -0.491 e. The SMILES string of the molecule is Nc1cccc(OCC(O)COc2cc(F)ccc2Br)c1. The van der Waals surface area contributed by atoms with E-state index in [0.29, 0.717) is 21.7 Å². The fourth-order valence-electron chi connectivity index (χ4n) is 1.62. The summed E-state index contributed by atoms with van der Waals surface area (Å²) < 4.78 is 24.4. The van der Waals surface area contributed by atoms with Crippen LogP contribution in [0.25, 0.3) is 0 Å². The molecule has 2 aromatic carbocycles. The van der Waals surface area contributed by atoms with Crippen molar-refractivity contribution in [3.8, 4) is 11.5 Å². The Morgan fingerprint density at radius 2 is 1.90 bits per heavy atom. The number of aliphatic hydroxyl groups excluding tert-OH is 1. The average molecular weight is 356 g/mol. The van der Waals surface area contributed by atoms with Crippen molar-refractivity contribution >= 4 is 21.6 Å². The predicted molar refractivity (Wildman–Crippen MR) is 82.0 cm³/mol. The fourth-order valence-corrected chi connectivity index (χ4v) is 1.98. The van der Waals surface area contributed by atoms with Gasteiger partial charge in [0, 0.05) is 17.8 Å². The van der Waals surface area contributed by atoms with Crippen molar-refractivity contribution in [2.45, 2.75) is 6.10 Å². The van der Waals surface area contributed by atoms with Gasteiger partial charge in [-0.25, -0.2) is 4.39 Å². The van der Waals surface area contributed by atoms with Crippen LogP contribution in [0.2, 0.25) is 0 Å². The minimum absolute atomic E-state index is 0.00955. The molecule has 4 nitrogen and oxygen atoms in total. The summed E-state index contributed by atoms with van der Waals surface area (Å²) in [5, 5.41) is 9.81. The Morgan fingerprint density at radius 1 is 1.14 bits per heavy atom. The summed E-state index contributed by atoms with van der Waals surface area (Å²) in [6, 6.07) is 11.0. The first-order valence-electron chi connectivity index (χ1n) is 6.29. The van der Waals surface area contributed by atoms with Crippen LogP contribution < -0.4 is 15.2 Å². The molecule has 2 rings (SSSR count). The molecule has 0 saturated carbocycles. The molecular formula is C15H15BrFNO3. The van der Waals surface area contributed by atoms with E-state index in [9.17, 15) is 9.50 Å². The zero-order valence-corrected chi connectivity index (χ0v) is 12.7. The van der Waals surface area contributed by atoms with Crippen LogP contribution in [-0.4, -0.2) is 24.4 Å². The molecule has 0 aliphatic carbocycles. The molecule has 3 N–H and O–H groups in total. The van der Waals surface area contributed by atoms with Crippen LogP contribution in [0.4, 0.5) is 10.1 Å². The van der Waals surface area contributed by atoms with Gasteiger partial charge in [0.15, 0.2) is 0 Å². The molecule has 0 fully saturated rings. The van der Waals surface area contributed by atoms with E-state index in [4.69, 9.17) is 15.2 Å². The van der Waals surface area contributed by atoms with Crippen LogP contribution in [0.15, 0.2) is 46.9 Å². The van der Waals surface area contributed by atoms with Crippen molar-refractivity contribution in [2.75, 3.05) is 18.9 Å². The molecule has 0 aliphatic rings. The van der Waals surface area contributed by atoms with E-state index >= 15 is 0 Å². The molecular weight excluding hydrogens is 341 g/mol. The van der Waals surface area contributed by atoms with Gasteiger partial charge in [-0.15, -0.1) is 0 Å². The summed E-state index contributed by atoms with van der Waals surface area (Å²) >= 11 is 3.25. The van der Waals surface area contributed by atoms with Crippen LogP contribution >= 0.6 is 15.9 Å². The van der Waals surface area contributed by atoms with Crippen molar-refractivity contribution in [1.29, 1.82) is 0 Å². The number of aliphatic hydroxyl groups is 1. The summed E-state index contributed by atoms with van der Waals surface area (Å²) in [4.78, 5) is 0. The maximum Gasteiger partial charge on any atom is 0.136 e. The second kappa shape index (κ2) is 7.28. The first kappa shape index (κ1) is 15.6. The molecule has 1 unspecified atom stereocenters. The molecule has 0 spiro atoms. The normalized spacial score (nSPS) is 12.0. The highest BCUT2D eigenvalue weighted by atomic mass is 79.9. The first-order valence-corrected chi connectivity index (χ1v) is 7.08. The Kier molecular flexibility index (Phi) is 5.41. The number of hydrogen-bond donors (Lipinski definition) is 2. The molecule has 1 atom stereocenters. The van der Waals surface area contributed by atoms with Gasteiger partial charge in [0.2, 0.25) is 0 Å². The van der Waals surface area contributed by atoms with E-state index in [-0.39, 0.29) is 13.2 Å². The summed E-state index contributed by atoms with van der Waals surface area (Å²) in [7, 11) is 0. The Balaban J connectivity index is 1.82. The lowest BCUT2D eigenvalue weighted by Gasteiger charge is -2.14. The highest BCUT2D eigenvalue weighted by Crippen LogP contribution is 2.25. The van der Waals surface area contributed by atoms with Gasteiger partial charge in [0.25, 0.3) is 0 Å². The van der Waals surface area contributed by atoms with Gasteiger partial charge in [0.1, 0.15) is 36.6 Å². The van der Waals surface area contributed by atoms with Crippen LogP contribution in [0, 0.1) is 5.82 Å². The smallest absolute Gasteiger partial charge is 0.136 e. The highest BCUT2D eigenvalue weighted by Gasteiger charge is 2.09. The van der Waals surface area contributed by atoms with Crippen molar-refractivity contribution in [2.24, 2.45) is 0 Å². The zero-order valence-electron chi connectivity index (χ0n) is 11.1. The molecule has 0 saturated heterocycles. The Hall–Kier alpha value is -1.79. The van der Waals surface area contributed by atoms with Crippen LogP contribution in [0.5, 0.6) is 11.5 Å². The van der Waals surface area contributed by atoms with Gasteiger partial charge in [-0.1, -0.05) is 6.07 Å². The van der Waals surface area contributed by atoms with E-state index in [2.05, 4.69) is 15.9 Å². The number of hydrogen-bond acceptors (Lipinski definition) is 4. The summed E-state index contributed by atoms with van der Waals surface area (Å²) in [6.07, 6.45) is -0.846. The van der Waals surface area contributed by atoms with Gasteiger partial charge in [-0.2, -0.15) is 0 Å². The molecule has 0 amide bonds. The average Bonchev–Trinajstić information content (AvgIpc) is 2.46. The zero-order chi connectivity index (χ0) is 15.2. The first-order chi connectivity index (χ1) is 10.0. The van der Waals surface area contributed by atoms with E-state index in [1.54, 1.807) is 30.3 Å². The largest absolute Gasteiger partial charge is 0.491 e. The molecule has 0 radical (unpaired) electrons. The monoisotopic (exact) mass is 355 g/mol. The van der Waals surface area contributed by atoms with Crippen LogP contribution in [0.1, 0.15) is 0 Å². The number of halogens is 2. The fraction of sp³-hybridized carbons (Fsp3) is 0.200. The molecule has 0 aliphatic heterocycles. The minimum atomic E-state index is -0.846. The third-order valence-corrected chi connectivity index (χ3v) is 3.28. The van der Waals surface area contributed by atoms with Gasteiger partial charge >= 0.3 is 0 Å². The Morgan fingerprint density at radius 3 is 2.67 bits per heavy atom. The summed E-state index contributed by atoms with van der Waals surface area (Å²) in [5.74, 6) is 0.498. The van der Waals surface area contributed by atoms with Gasteiger partial charge in [-0.05, 0) is 40.2 Å². The highest BCUT2D eigenvalue weighted by molar-refractivity contribution is 9.10. The third-order valence-electron chi connectivity index (χ3n) is 2.62.